The third kappa shape index (κ3) is 4.67. The van der Waals surface area contributed by atoms with Crippen molar-refractivity contribution in [1.82, 2.24) is 0 Å². The zero-order chi connectivity index (χ0) is 20.6. The SMILES string of the molecule is Nc1ccc(C(OC(c2ccc(N)cc2N)C(F)(F)F)C(F)(F)F)c(N)c1. The van der Waals surface area contributed by atoms with Crippen molar-refractivity contribution in [3.63, 3.8) is 0 Å². The van der Waals surface area contributed by atoms with E-state index in [1.807, 2.05) is 0 Å². The van der Waals surface area contributed by atoms with E-state index in [9.17, 15) is 26.3 Å². The van der Waals surface area contributed by atoms with Gasteiger partial charge in [0.15, 0.2) is 12.2 Å². The van der Waals surface area contributed by atoms with Crippen molar-refractivity contribution in [2.24, 2.45) is 0 Å². The number of nitrogens with two attached hydrogens (primary N) is 4. The fourth-order valence-electron chi connectivity index (χ4n) is 2.45. The molecule has 5 nitrogen and oxygen atoms in total. The van der Waals surface area contributed by atoms with Crippen LogP contribution in [0.5, 0.6) is 0 Å². The summed E-state index contributed by atoms with van der Waals surface area (Å²) in [7, 11) is 0. The summed E-state index contributed by atoms with van der Waals surface area (Å²) in [5, 5.41) is 0. The second-order valence-electron chi connectivity index (χ2n) is 5.76. The Morgan fingerprint density at radius 2 is 0.963 bits per heavy atom. The topological polar surface area (TPSA) is 113 Å². The van der Waals surface area contributed by atoms with E-state index in [2.05, 4.69) is 4.74 Å². The molecule has 0 heterocycles. The van der Waals surface area contributed by atoms with Crippen molar-refractivity contribution in [3.05, 3.63) is 47.5 Å². The number of hydrogen-bond acceptors (Lipinski definition) is 5. The molecule has 148 valence electrons. The quantitative estimate of drug-likeness (QED) is 0.463. The first kappa shape index (κ1) is 20.5. The number of alkyl halides is 6. The number of ether oxygens (including phenoxy) is 1. The lowest BCUT2D eigenvalue weighted by atomic mass is 10.0. The smallest absolute Gasteiger partial charge is 0.399 e. The standard InChI is InChI=1S/C16H16F6N4O/c17-15(18,19)13(9-3-1-7(23)5-11(9)25)27-14(16(20,21)22)10-4-2-8(24)6-12(10)26/h1-6,13-14H,23-26H2. The average molecular weight is 394 g/mol. The van der Waals surface area contributed by atoms with Crippen LogP contribution in [0.2, 0.25) is 0 Å². The third-order valence-corrected chi connectivity index (χ3v) is 3.65. The van der Waals surface area contributed by atoms with Crippen molar-refractivity contribution in [1.29, 1.82) is 0 Å². The van der Waals surface area contributed by atoms with Crippen LogP contribution in [0.1, 0.15) is 23.3 Å². The fourth-order valence-corrected chi connectivity index (χ4v) is 2.45. The maximum atomic E-state index is 13.5. The summed E-state index contributed by atoms with van der Waals surface area (Å²) in [6, 6.07) is 5.88. The van der Waals surface area contributed by atoms with Crippen LogP contribution in [0, 0.1) is 0 Å². The Balaban J connectivity index is 2.54. The van der Waals surface area contributed by atoms with Gasteiger partial charge >= 0.3 is 12.4 Å². The van der Waals surface area contributed by atoms with Crippen molar-refractivity contribution in [2.75, 3.05) is 22.9 Å². The highest BCUT2D eigenvalue weighted by molar-refractivity contribution is 5.59. The van der Waals surface area contributed by atoms with E-state index in [4.69, 9.17) is 22.9 Å². The normalized spacial score (nSPS) is 14.7. The molecular weight excluding hydrogens is 378 g/mol. The van der Waals surface area contributed by atoms with Crippen LogP contribution in [0.25, 0.3) is 0 Å². The van der Waals surface area contributed by atoms with Crippen LogP contribution in [-0.4, -0.2) is 12.4 Å². The maximum absolute atomic E-state index is 13.5. The van der Waals surface area contributed by atoms with E-state index >= 15 is 0 Å². The predicted octanol–water partition coefficient (Wildman–Crippen LogP) is 3.94. The first-order valence-electron chi connectivity index (χ1n) is 7.39. The molecule has 2 atom stereocenters. The molecule has 0 aliphatic rings. The number of benzene rings is 2. The molecule has 0 aromatic heterocycles. The molecule has 8 N–H and O–H groups in total. The summed E-state index contributed by atoms with van der Waals surface area (Å²) < 4.78 is 85.4. The van der Waals surface area contributed by atoms with Crippen LogP contribution < -0.4 is 22.9 Å². The van der Waals surface area contributed by atoms with Gasteiger partial charge in [-0.15, -0.1) is 0 Å². The van der Waals surface area contributed by atoms with Crippen LogP contribution in [-0.2, 0) is 4.74 Å². The zero-order valence-corrected chi connectivity index (χ0v) is 13.6. The van der Waals surface area contributed by atoms with Crippen molar-refractivity contribution in [2.45, 2.75) is 24.6 Å². The molecule has 0 aliphatic carbocycles. The van der Waals surface area contributed by atoms with Gasteiger partial charge in [0.1, 0.15) is 0 Å². The van der Waals surface area contributed by atoms with Crippen molar-refractivity contribution < 1.29 is 31.1 Å². The summed E-state index contributed by atoms with van der Waals surface area (Å²) in [6.45, 7) is 0. The van der Waals surface area contributed by atoms with Gasteiger partial charge in [0.05, 0.1) is 0 Å². The van der Waals surface area contributed by atoms with Crippen LogP contribution >= 0.6 is 0 Å². The lowest BCUT2D eigenvalue weighted by Gasteiger charge is -2.30. The van der Waals surface area contributed by atoms with Gasteiger partial charge in [0.2, 0.25) is 0 Å². The Morgan fingerprint density at radius 3 is 1.22 bits per heavy atom. The monoisotopic (exact) mass is 394 g/mol. The molecule has 0 saturated carbocycles. The molecule has 0 amide bonds. The van der Waals surface area contributed by atoms with Crippen molar-refractivity contribution >= 4 is 22.7 Å². The largest absolute Gasteiger partial charge is 0.418 e. The van der Waals surface area contributed by atoms with E-state index in [1.165, 1.54) is 0 Å². The minimum atomic E-state index is -5.18. The Hall–Kier alpha value is -2.82. The minimum Gasteiger partial charge on any atom is -0.399 e. The van der Waals surface area contributed by atoms with Crippen molar-refractivity contribution in [3.8, 4) is 0 Å². The highest BCUT2D eigenvalue weighted by Crippen LogP contribution is 2.47. The number of rotatable bonds is 4. The Kier molecular flexibility index (Phi) is 5.36. The van der Waals surface area contributed by atoms with E-state index in [0.717, 1.165) is 36.4 Å². The minimum absolute atomic E-state index is 0.0484. The molecule has 0 bridgehead atoms. The lowest BCUT2D eigenvalue weighted by Crippen LogP contribution is -2.32. The first-order chi connectivity index (χ1) is 12.3. The van der Waals surface area contributed by atoms with Crippen LogP contribution in [0.15, 0.2) is 36.4 Å². The van der Waals surface area contributed by atoms with E-state index in [1.54, 1.807) is 0 Å². The predicted molar refractivity (Wildman–Crippen MR) is 89.2 cm³/mol. The molecule has 11 heteroatoms. The first-order valence-corrected chi connectivity index (χ1v) is 7.39. The summed E-state index contributed by atoms with van der Waals surface area (Å²) in [5.74, 6) is 0. The van der Waals surface area contributed by atoms with Gasteiger partial charge in [-0.2, -0.15) is 26.3 Å². The maximum Gasteiger partial charge on any atom is 0.418 e. The van der Waals surface area contributed by atoms with E-state index < -0.39 is 47.1 Å². The number of nitrogen functional groups attached to an aromatic ring is 4. The van der Waals surface area contributed by atoms with Gasteiger partial charge < -0.3 is 27.7 Å². The molecule has 0 aliphatic heterocycles. The third-order valence-electron chi connectivity index (χ3n) is 3.65. The molecule has 27 heavy (non-hydrogen) atoms. The summed E-state index contributed by atoms with van der Waals surface area (Å²) >= 11 is 0. The fraction of sp³-hybridized carbons (Fsp3) is 0.250. The molecule has 0 saturated heterocycles. The summed E-state index contributed by atoms with van der Waals surface area (Å²) in [4.78, 5) is 0. The summed E-state index contributed by atoms with van der Waals surface area (Å²) in [5.41, 5.74) is 19.7. The molecule has 0 fully saturated rings. The van der Waals surface area contributed by atoms with Gasteiger partial charge in [-0.1, -0.05) is 12.1 Å². The van der Waals surface area contributed by atoms with Crippen LogP contribution in [0.3, 0.4) is 0 Å². The number of hydrogen-bond donors (Lipinski definition) is 4. The molecule has 2 aromatic rings. The van der Waals surface area contributed by atoms with Gasteiger partial charge in [-0.05, 0) is 24.3 Å². The van der Waals surface area contributed by atoms with Gasteiger partial charge in [0, 0.05) is 33.9 Å². The Bertz CT molecular complexity index is 754. The Morgan fingerprint density at radius 1 is 0.630 bits per heavy atom. The Labute approximate surface area is 149 Å². The molecule has 2 unspecified atom stereocenters. The lowest BCUT2D eigenvalue weighted by molar-refractivity contribution is -0.291. The highest BCUT2D eigenvalue weighted by Gasteiger charge is 2.51. The second kappa shape index (κ2) is 7.06. The average Bonchev–Trinajstić information content (AvgIpc) is 2.48. The summed E-state index contributed by atoms with van der Waals surface area (Å²) in [6.07, 6.45) is -16.3. The highest BCUT2D eigenvalue weighted by atomic mass is 19.4. The molecule has 0 spiro atoms. The van der Waals surface area contributed by atoms with Gasteiger partial charge in [-0.25, -0.2) is 0 Å². The number of halogens is 6. The molecule has 0 radical (unpaired) electrons. The zero-order valence-electron chi connectivity index (χ0n) is 13.6. The second-order valence-corrected chi connectivity index (χ2v) is 5.76. The van der Waals surface area contributed by atoms with Crippen LogP contribution in [0.4, 0.5) is 49.1 Å². The number of anilines is 4. The molecule has 2 aromatic carbocycles. The van der Waals surface area contributed by atoms with Gasteiger partial charge in [-0.3, -0.25) is 0 Å². The van der Waals surface area contributed by atoms with E-state index in [0.29, 0.717) is 0 Å². The van der Waals surface area contributed by atoms with E-state index in [-0.39, 0.29) is 11.4 Å². The molecular formula is C16H16F6N4O. The molecule has 2 rings (SSSR count). The van der Waals surface area contributed by atoms with Gasteiger partial charge in [0.25, 0.3) is 0 Å².